The fourth-order valence-corrected chi connectivity index (χ4v) is 2.03. The van der Waals surface area contributed by atoms with Gasteiger partial charge in [-0.05, 0) is 19.3 Å². The number of unbranched alkanes of at least 4 members (excludes halogenated alkanes) is 2. The minimum absolute atomic E-state index is 0.346. The molecule has 0 N–H and O–H groups in total. The number of amides is 1. The van der Waals surface area contributed by atoms with Crippen LogP contribution in [0.4, 0.5) is 0 Å². The molecule has 1 aliphatic heterocycles. The second kappa shape index (κ2) is 6.33. The van der Waals surface area contributed by atoms with E-state index in [1.165, 1.54) is 12.8 Å². The van der Waals surface area contributed by atoms with E-state index in [9.17, 15) is 4.79 Å². The van der Waals surface area contributed by atoms with Crippen molar-refractivity contribution in [3.05, 3.63) is 0 Å². The van der Waals surface area contributed by atoms with Gasteiger partial charge in [0.2, 0.25) is 5.91 Å². The largest absolute Gasteiger partial charge is 0.343 e. The van der Waals surface area contributed by atoms with Crippen LogP contribution in [0.3, 0.4) is 0 Å². The van der Waals surface area contributed by atoms with E-state index in [0.29, 0.717) is 11.2 Å². The van der Waals surface area contributed by atoms with E-state index in [2.05, 4.69) is 19.6 Å². The van der Waals surface area contributed by atoms with Gasteiger partial charge in [-0.15, -0.1) is 0 Å². The van der Waals surface area contributed by atoms with Crippen LogP contribution in [-0.4, -0.2) is 29.1 Å². The first-order chi connectivity index (χ1) is 6.74. The van der Waals surface area contributed by atoms with E-state index >= 15 is 0 Å². The van der Waals surface area contributed by atoms with Gasteiger partial charge in [0.1, 0.15) is 0 Å². The highest BCUT2D eigenvalue weighted by molar-refractivity contribution is 7.80. The van der Waals surface area contributed by atoms with Crippen LogP contribution < -0.4 is 0 Å². The molecule has 2 nitrogen and oxygen atoms in total. The quantitative estimate of drug-likeness (QED) is 0.564. The molecule has 3 heteroatoms. The lowest BCUT2D eigenvalue weighted by atomic mass is 10.1. The monoisotopic (exact) mass is 215 g/mol. The lowest BCUT2D eigenvalue weighted by molar-refractivity contribution is -0.132. The van der Waals surface area contributed by atoms with Gasteiger partial charge < -0.3 is 4.90 Å². The first kappa shape index (κ1) is 11.9. The summed E-state index contributed by atoms with van der Waals surface area (Å²) in [6.07, 6.45) is 6.27. The van der Waals surface area contributed by atoms with Crippen LogP contribution in [-0.2, 0) is 4.79 Å². The van der Waals surface area contributed by atoms with Crippen molar-refractivity contribution >= 4 is 18.5 Å². The Morgan fingerprint density at radius 2 is 2.00 bits per heavy atom. The lowest BCUT2D eigenvalue weighted by Gasteiger charge is -2.29. The Kier molecular flexibility index (Phi) is 5.38. The third kappa shape index (κ3) is 3.91. The van der Waals surface area contributed by atoms with Gasteiger partial charge in [-0.1, -0.05) is 19.8 Å². The van der Waals surface area contributed by atoms with Crippen molar-refractivity contribution in [3.8, 4) is 0 Å². The summed E-state index contributed by atoms with van der Waals surface area (Å²) in [7, 11) is 0. The zero-order valence-electron chi connectivity index (χ0n) is 9.04. The average molecular weight is 215 g/mol. The molecular formula is C11H21NOS. The van der Waals surface area contributed by atoms with Crippen LogP contribution in [0, 0.1) is 0 Å². The zero-order valence-corrected chi connectivity index (χ0v) is 9.93. The highest BCUT2D eigenvalue weighted by Crippen LogP contribution is 2.16. The Morgan fingerprint density at radius 3 is 2.57 bits per heavy atom. The molecule has 1 heterocycles. The maximum atomic E-state index is 11.7. The molecular weight excluding hydrogens is 194 g/mol. The number of hydrogen-bond donors (Lipinski definition) is 1. The molecule has 0 unspecified atom stereocenters. The predicted octanol–water partition coefficient (Wildman–Crippen LogP) is 2.49. The van der Waals surface area contributed by atoms with Crippen molar-refractivity contribution in [1.29, 1.82) is 0 Å². The summed E-state index contributed by atoms with van der Waals surface area (Å²) in [5.74, 6) is 0.346. The summed E-state index contributed by atoms with van der Waals surface area (Å²) in [5, 5.41) is 0.509. The van der Waals surface area contributed by atoms with Gasteiger partial charge in [-0.3, -0.25) is 4.79 Å². The Hall–Kier alpha value is -0.180. The average Bonchev–Trinajstić information content (AvgIpc) is 2.19. The topological polar surface area (TPSA) is 20.3 Å². The minimum atomic E-state index is 0.346. The molecule has 0 radical (unpaired) electrons. The Labute approximate surface area is 92.5 Å². The second-order valence-electron chi connectivity index (χ2n) is 4.07. The van der Waals surface area contributed by atoms with Crippen LogP contribution >= 0.6 is 12.6 Å². The van der Waals surface area contributed by atoms with Gasteiger partial charge in [-0.25, -0.2) is 0 Å². The summed E-state index contributed by atoms with van der Waals surface area (Å²) >= 11 is 4.42. The number of nitrogens with zero attached hydrogens (tertiary/aromatic N) is 1. The number of piperidine rings is 1. The molecule has 1 fully saturated rings. The Bertz CT molecular complexity index is 176. The van der Waals surface area contributed by atoms with E-state index < -0.39 is 0 Å². The standard InChI is InChI=1S/C11H21NOS/c1-2-3-4-5-11(13)12-8-6-10(14)7-9-12/h10,14H,2-9H2,1H3. The van der Waals surface area contributed by atoms with Gasteiger partial charge in [0.05, 0.1) is 0 Å². The maximum absolute atomic E-state index is 11.7. The summed E-state index contributed by atoms with van der Waals surface area (Å²) in [5.41, 5.74) is 0. The molecule has 1 saturated heterocycles. The van der Waals surface area contributed by atoms with Gasteiger partial charge >= 0.3 is 0 Å². The molecule has 0 aromatic heterocycles. The molecule has 0 atom stereocenters. The number of carbonyl (C=O) groups excluding carboxylic acids is 1. The van der Waals surface area contributed by atoms with Gasteiger partial charge in [0.25, 0.3) is 0 Å². The molecule has 14 heavy (non-hydrogen) atoms. The van der Waals surface area contributed by atoms with Gasteiger partial charge in [0, 0.05) is 24.8 Å². The predicted molar refractivity (Wildman–Crippen MR) is 62.7 cm³/mol. The van der Waals surface area contributed by atoms with E-state index in [1.54, 1.807) is 0 Å². The summed E-state index contributed by atoms with van der Waals surface area (Å²) in [4.78, 5) is 13.7. The van der Waals surface area contributed by atoms with E-state index in [-0.39, 0.29) is 0 Å². The molecule has 0 aromatic carbocycles. The van der Waals surface area contributed by atoms with Gasteiger partial charge in [-0.2, -0.15) is 12.6 Å². The van der Waals surface area contributed by atoms with Crippen molar-refractivity contribution in [1.82, 2.24) is 4.90 Å². The SMILES string of the molecule is CCCCCC(=O)N1CCC(S)CC1. The number of carbonyl (C=O) groups is 1. The molecule has 1 aliphatic rings. The summed E-state index contributed by atoms with van der Waals surface area (Å²) in [6, 6.07) is 0. The van der Waals surface area contributed by atoms with Crippen molar-refractivity contribution in [2.24, 2.45) is 0 Å². The Balaban J connectivity index is 2.17. The molecule has 0 aliphatic carbocycles. The third-order valence-electron chi connectivity index (χ3n) is 2.81. The van der Waals surface area contributed by atoms with E-state index in [1.807, 2.05) is 4.90 Å². The van der Waals surface area contributed by atoms with Crippen molar-refractivity contribution in [3.63, 3.8) is 0 Å². The number of likely N-dealkylation sites (tertiary alicyclic amines) is 1. The van der Waals surface area contributed by atoms with Crippen molar-refractivity contribution < 1.29 is 4.79 Å². The maximum Gasteiger partial charge on any atom is 0.222 e. The van der Waals surface area contributed by atoms with Crippen LogP contribution in [0.1, 0.15) is 45.4 Å². The molecule has 0 aromatic rings. The number of rotatable bonds is 4. The summed E-state index contributed by atoms with van der Waals surface area (Å²) < 4.78 is 0. The molecule has 0 bridgehead atoms. The number of thiol groups is 1. The highest BCUT2D eigenvalue weighted by Gasteiger charge is 2.19. The smallest absolute Gasteiger partial charge is 0.222 e. The van der Waals surface area contributed by atoms with Gasteiger partial charge in [0.15, 0.2) is 0 Å². The minimum Gasteiger partial charge on any atom is -0.343 e. The third-order valence-corrected chi connectivity index (χ3v) is 3.33. The summed E-state index contributed by atoms with van der Waals surface area (Å²) in [6.45, 7) is 4.00. The van der Waals surface area contributed by atoms with Crippen LogP contribution in [0.25, 0.3) is 0 Å². The fourth-order valence-electron chi connectivity index (χ4n) is 1.80. The zero-order chi connectivity index (χ0) is 10.4. The van der Waals surface area contributed by atoms with Crippen LogP contribution in [0.5, 0.6) is 0 Å². The first-order valence-corrected chi connectivity index (χ1v) is 6.21. The first-order valence-electron chi connectivity index (χ1n) is 5.70. The molecule has 0 spiro atoms. The molecule has 1 rings (SSSR count). The normalized spacial score (nSPS) is 18.6. The fraction of sp³-hybridized carbons (Fsp3) is 0.909. The number of hydrogen-bond acceptors (Lipinski definition) is 2. The van der Waals surface area contributed by atoms with Crippen molar-refractivity contribution in [2.45, 2.75) is 50.7 Å². The van der Waals surface area contributed by atoms with Crippen molar-refractivity contribution in [2.75, 3.05) is 13.1 Å². The lowest BCUT2D eigenvalue weighted by Crippen LogP contribution is -2.38. The van der Waals surface area contributed by atoms with Crippen LogP contribution in [0.15, 0.2) is 0 Å². The molecule has 1 amide bonds. The molecule has 0 saturated carbocycles. The van der Waals surface area contributed by atoms with E-state index in [4.69, 9.17) is 0 Å². The highest BCUT2D eigenvalue weighted by atomic mass is 32.1. The second-order valence-corrected chi connectivity index (χ2v) is 4.80. The van der Waals surface area contributed by atoms with E-state index in [0.717, 1.165) is 38.8 Å². The molecule has 82 valence electrons. The Morgan fingerprint density at radius 1 is 1.36 bits per heavy atom. The van der Waals surface area contributed by atoms with Crippen LogP contribution in [0.2, 0.25) is 0 Å².